The van der Waals surface area contributed by atoms with E-state index in [0.29, 0.717) is 18.8 Å². The quantitative estimate of drug-likeness (QED) is 0.888. The summed E-state index contributed by atoms with van der Waals surface area (Å²) in [6.07, 6.45) is 1.88. The van der Waals surface area contributed by atoms with Gasteiger partial charge in [0.05, 0.1) is 12.0 Å². The number of carbonyl (C=O) groups is 1. The normalized spacial score (nSPS) is 22.8. The zero-order valence-electron chi connectivity index (χ0n) is 10.3. The molecule has 1 unspecified atom stereocenters. The molecule has 19 heavy (non-hydrogen) atoms. The van der Waals surface area contributed by atoms with E-state index < -0.39 is 11.5 Å². The molecule has 0 aliphatic carbocycles. The van der Waals surface area contributed by atoms with Crippen LogP contribution in [0.4, 0.5) is 5.82 Å². The Morgan fingerprint density at radius 3 is 3.11 bits per heavy atom. The highest BCUT2D eigenvalue weighted by Crippen LogP contribution is 2.31. The van der Waals surface area contributed by atoms with E-state index in [0.717, 1.165) is 15.1 Å². The first-order valence-electron chi connectivity index (χ1n) is 5.91. The number of anilines is 1. The molecule has 7 heteroatoms. The van der Waals surface area contributed by atoms with Crippen LogP contribution < -0.4 is 5.32 Å². The van der Waals surface area contributed by atoms with Crippen molar-refractivity contribution in [1.82, 2.24) is 9.97 Å². The molecule has 2 N–H and O–H groups in total. The maximum absolute atomic E-state index is 11.5. The Balaban J connectivity index is 2.02. The first-order chi connectivity index (χ1) is 9.11. The second-order valence-corrected chi connectivity index (χ2v) is 5.85. The number of carboxylic acids is 1. The van der Waals surface area contributed by atoms with E-state index in [9.17, 15) is 9.90 Å². The van der Waals surface area contributed by atoms with E-state index in [4.69, 9.17) is 4.74 Å². The van der Waals surface area contributed by atoms with Crippen molar-refractivity contribution in [3.05, 3.63) is 17.3 Å². The van der Waals surface area contributed by atoms with Crippen LogP contribution in [0.3, 0.4) is 0 Å². The number of ether oxygens (including phenoxy) is 1. The van der Waals surface area contributed by atoms with Crippen LogP contribution in [0, 0.1) is 6.92 Å². The highest BCUT2D eigenvalue weighted by atomic mass is 32.1. The smallest absolute Gasteiger partial charge is 0.331 e. The average molecular weight is 279 g/mol. The molecule has 1 aliphatic rings. The molecule has 0 saturated carbocycles. The van der Waals surface area contributed by atoms with Crippen LogP contribution in [0.25, 0.3) is 10.2 Å². The number of nitrogens with one attached hydrogen (secondary N) is 1. The van der Waals surface area contributed by atoms with Crippen molar-refractivity contribution in [3.63, 3.8) is 0 Å². The Hall–Kier alpha value is -1.73. The molecule has 1 saturated heterocycles. The minimum absolute atomic E-state index is 0.150. The molecule has 0 radical (unpaired) electrons. The summed E-state index contributed by atoms with van der Waals surface area (Å²) >= 11 is 1.56. The van der Waals surface area contributed by atoms with Gasteiger partial charge in [0, 0.05) is 17.9 Å². The number of nitrogens with zero attached hydrogens (tertiary/aromatic N) is 2. The summed E-state index contributed by atoms with van der Waals surface area (Å²) in [5.74, 6) is -0.356. The standard InChI is InChI=1S/C12H13N3O3S/c1-7-4-8-9(13-6-14-10(8)19-7)15-12(11(16)17)2-3-18-5-12/h4,6H,2-3,5H2,1H3,(H,16,17)(H,13,14,15). The Bertz CT molecular complexity index is 634. The minimum atomic E-state index is -1.09. The Morgan fingerprint density at radius 1 is 1.58 bits per heavy atom. The van der Waals surface area contributed by atoms with Gasteiger partial charge in [0.15, 0.2) is 5.54 Å². The van der Waals surface area contributed by atoms with Crippen LogP contribution in [0.2, 0.25) is 0 Å². The van der Waals surface area contributed by atoms with Gasteiger partial charge in [-0.2, -0.15) is 0 Å². The van der Waals surface area contributed by atoms with Crippen molar-refractivity contribution in [2.45, 2.75) is 18.9 Å². The van der Waals surface area contributed by atoms with E-state index in [1.807, 2.05) is 13.0 Å². The third-order valence-corrected chi connectivity index (χ3v) is 4.20. The number of hydrogen-bond donors (Lipinski definition) is 2. The summed E-state index contributed by atoms with van der Waals surface area (Å²) < 4.78 is 5.23. The zero-order chi connectivity index (χ0) is 13.5. The molecule has 0 aromatic carbocycles. The second kappa shape index (κ2) is 4.43. The fourth-order valence-electron chi connectivity index (χ4n) is 2.19. The molecule has 0 bridgehead atoms. The molecular formula is C12H13N3O3S. The van der Waals surface area contributed by atoms with Crippen LogP contribution >= 0.6 is 11.3 Å². The fourth-order valence-corrected chi connectivity index (χ4v) is 3.04. The van der Waals surface area contributed by atoms with Gasteiger partial charge in [-0.1, -0.05) is 0 Å². The number of hydrogen-bond acceptors (Lipinski definition) is 6. The van der Waals surface area contributed by atoms with Gasteiger partial charge in [-0.25, -0.2) is 14.8 Å². The summed E-state index contributed by atoms with van der Waals surface area (Å²) in [5, 5.41) is 13.3. The molecule has 2 aromatic heterocycles. The van der Waals surface area contributed by atoms with Gasteiger partial charge < -0.3 is 15.2 Å². The molecule has 6 nitrogen and oxygen atoms in total. The van der Waals surface area contributed by atoms with Crippen molar-refractivity contribution in [1.29, 1.82) is 0 Å². The molecule has 1 aliphatic heterocycles. The van der Waals surface area contributed by atoms with Crippen LogP contribution in [0.5, 0.6) is 0 Å². The summed E-state index contributed by atoms with van der Waals surface area (Å²) in [7, 11) is 0. The number of thiophene rings is 1. The third-order valence-electron chi connectivity index (χ3n) is 3.24. The average Bonchev–Trinajstić information content (AvgIpc) is 2.96. The first-order valence-corrected chi connectivity index (χ1v) is 6.73. The molecule has 3 rings (SSSR count). The Morgan fingerprint density at radius 2 is 2.42 bits per heavy atom. The molecular weight excluding hydrogens is 266 g/mol. The predicted octanol–water partition coefficient (Wildman–Crippen LogP) is 1.66. The topological polar surface area (TPSA) is 84.3 Å². The van der Waals surface area contributed by atoms with Gasteiger partial charge >= 0.3 is 5.97 Å². The number of rotatable bonds is 3. The number of aliphatic carboxylic acids is 1. The van der Waals surface area contributed by atoms with Crippen LogP contribution in [0.15, 0.2) is 12.4 Å². The van der Waals surface area contributed by atoms with Crippen molar-refractivity contribution < 1.29 is 14.6 Å². The highest BCUT2D eigenvalue weighted by molar-refractivity contribution is 7.18. The lowest BCUT2D eigenvalue weighted by Gasteiger charge is -2.24. The van der Waals surface area contributed by atoms with Crippen LogP contribution in [0.1, 0.15) is 11.3 Å². The molecule has 2 aromatic rings. The largest absolute Gasteiger partial charge is 0.479 e. The fraction of sp³-hybridized carbons (Fsp3) is 0.417. The zero-order valence-corrected chi connectivity index (χ0v) is 11.2. The summed E-state index contributed by atoms with van der Waals surface area (Å²) in [6.45, 7) is 2.58. The van der Waals surface area contributed by atoms with E-state index in [1.165, 1.54) is 6.33 Å². The first kappa shape index (κ1) is 12.3. The van der Waals surface area contributed by atoms with E-state index >= 15 is 0 Å². The molecule has 100 valence electrons. The summed E-state index contributed by atoms with van der Waals surface area (Å²) in [4.78, 5) is 21.8. The van der Waals surface area contributed by atoms with Crippen molar-refractivity contribution in [3.8, 4) is 0 Å². The van der Waals surface area contributed by atoms with Gasteiger partial charge in [-0.3, -0.25) is 0 Å². The third kappa shape index (κ3) is 2.04. The minimum Gasteiger partial charge on any atom is -0.479 e. The SMILES string of the molecule is Cc1cc2c(NC3(C(=O)O)CCOC3)ncnc2s1. The van der Waals surface area contributed by atoms with Crippen molar-refractivity contribution in [2.75, 3.05) is 18.5 Å². The molecule has 1 atom stereocenters. The van der Waals surface area contributed by atoms with Crippen LogP contribution in [-0.4, -0.2) is 39.8 Å². The highest BCUT2D eigenvalue weighted by Gasteiger charge is 2.43. The maximum Gasteiger partial charge on any atom is 0.331 e. The Kier molecular flexibility index (Phi) is 2.87. The van der Waals surface area contributed by atoms with E-state index in [2.05, 4.69) is 15.3 Å². The monoisotopic (exact) mass is 279 g/mol. The Labute approximate surface area is 113 Å². The van der Waals surface area contributed by atoms with Gasteiger partial charge in [0.25, 0.3) is 0 Å². The number of fused-ring (bicyclic) bond motifs is 1. The van der Waals surface area contributed by atoms with Gasteiger partial charge in [-0.05, 0) is 13.0 Å². The number of aromatic nitrogens is 2. The summed E-state index contributed by atoms with van der Waals surface area (Å²) in [6, 6.07) is 1.97. The lowest BCUT2D eigenvalue weighted by Crippen LogP contribution is -2.47. The summed E-state index contributed by atoms with van der Waals surface area (Å²) in [5.41, 5.74) is -1.09. The van der Waals surface area contributed by atoms with Gasteiger partial charge in [-0.15, -0.1) is 11.3 Å². The van der Waals surface area contributed by atoms with Crippen LogP contribution in [-0.2, 0) is 9.53 Å². The van der Waals surface area contributed by atoms with Crippen molar-refractivity contribution in [2.24, 2.45) is 0 Å². The van der Waals surface area contributed by atoms with Gasteiger partial charge in [0.2, 0.25) is 0 Å². The molecule has 1 fully saturated rings. The molecule has 0 spiro atoms. The lowest BCUT2D eigenvalue weighted by molar-refractivity contribution is -0.142. The molecule has 3 heterocycles. The van der Waals surface area contributed by atoms with E-state index in [-0.39, 0.29) is 6.61 Å². The lowest BCUT2D eigenvalue weighted by atomic mass is 9.99. The number of aryl methyl sites for hydroxylation is 1. The second-order valence-electron chi connectivity index (χ2n) is 4.61. The van der Waals surface area contributed by atoms with Gasteiger partial charge in [0.1, 0.15) is 17.0 Å². The van der Waals surface area contributed by atoms with Crippen molar-refractivity contribution >= 4 is 33.3 Å². The maximum atomic E-state index is 11.5. The number of carboxylic acid groups (broad SMARTS) is 1. The predicted molar refractivity (Wildman–Crippen MR) is 71.6 cm³/mol. The van der Waals surface area contributed by atoms with E-state index in [1.54, 1.807) is 11.3 Å². The molecule has 0 amide bonds.